The van der Waals surface area contributed by atoms with E-state index in [1.165, 1.54) is 29.0 Å². The lowest BCUT2D eigenvalue weighted by molar-refractivity contribution is 0.407. The fourth-order valence-electron chi connectivity index (χ4n) is 1.47. The molecule has 18 heavy (non-hydrogen) atoms. The minimum atomic E-state index is -3.47. The fraction of sp³-hybridized carbons (Fsp3) is 0.273. The fourth-order valence-corrected chi connectivity index (χ4v) is 4.05. The number of hydrogen-bond acceptors (Lipinski definition) is 5. The highest BCUT2D eigenvalue weighted by atomic mass is 32.2. The first-order valence-corrected chi connectivity index (χ1v) is 7.57. The summed E-state index contributed by atoms with van der Waals surface area (Å²) in [6.45, 7) is 0.563. The maximum absolute atomic E-state index is 12.2. The first kappa shape index (κ1) is 13.3. The number of nitrogens with two attached hydrogens (primary N) is 1. The summed E-state index contributed by atoms with van der Waals surface area (Å²) in [7, 11) is -1.94. The minimum Gasteiger partial charge on any atom is -0.468 e. The Morgan fingerprint density at radius 1 is 1.39 bits per heavy atom. The van der Waals surface area contributed by atoms with E-state index < -0.39 is 10.0 Å². The molecule has 0 aliphatic carbocycles. The Balaban J connectivity index is 2.19. The highest BCUT2D eigenvalue weighted by Crippen LogP contribution is 2.24. The molecule has 0 aliphatic heterocycles. The van der Waals surface area contributed by atoms with Gasteiger partial charge < -0.3 is 10.2 Å². The molecule has 0 saturated heterocycles. The first-order chi connectivity index (χ1) is 8.54. The van der Waals surface area contributed by atoms with Gasteiger partial charge in [0.2, 0.25) is 0 Å². The van der Waals surface area contributed by atoms with Gasteiger partial charge in [-0.1, -0.05) is 0 Å². The maximum Gasteiger partial charge on any atom is 0.252 e. The predicted molar refractivity (Wildman–Crippen MR) is 69.6 cm³/mol. The van der Waals surface area contributed by atoms with E-state index in [0.717, 1.165) is 4.88 Å². The van der Waals surface area contributed by atoms with Crippen molar-refractivity contribution in [3.63, 3.8) is 0 Å². The van der Waals surface area contributed by atoms with Crippen LogP contribution in [0, 0.1) is 0 Å². The summed E-state index contributed by atoms with van der Waals surface area (Å²) >= 11 is 1.20. The summed E-state index contributed by atoms with van der Waals surface area (Å²) in [6.07, 6.45) is 1.52. The molecular formula is C11H14N2O3S2. The van der Waals surface area contributed by atoms with Crippen molar-refractivity contribution in [2.75, 3.05) is 7.05 Å². The third kappa shape index (κ3) is 2.64. The van der Waals surface area contributed by atoms with Crippen molar-refractivity contribution in [2.45, 2.75) is 17.3 Å². The first-order valence-electron chi connectivity index (χ1n) is 5.31. The van der Waals surface area contributed by atoms with Gasteiger partial charge in [-0.15, -0.1) is 11.3 Å². The van der Waals surface area contributed by atoms with Crippen molar-refractivity contribution in [2.24, 2.45) is 5.73 Å². The number of hydrogen-bond donors (Lipinski definition) is 1. The molecule has 0 bridgehead atoms. The summed E-state index contributed by atoms with van der Waals surface area (Å²) in [5.41, 5.74) is 5.48. The average Bonchev–Trinajstić information content (AvgIpc) is 2.99. The van der Waals surface area contributed by atoms with Gasteiger partial charge >= 0.3 is 0 Å². The van der Waals surface area contributed by atoms with Gasteiger partial charge in [-0.05, 0) is 24.3 Å². The van der Waals surface area contributed by atoms with E-state index >= 15 is 0 Å². The topological polar surface area (TPSA) is 76.5 Å². The van der Waals surface area contributed by atoms with Crippen molar-refractivity contribution < 1.29 is 12.8 Å². The third-order valence-corrected chi connectivity index (χ3v) is 5.84. The van der Waals surface area contributed by atoms with Gasteiger partial charge in [0.15, 0.2) is 0 Å². The van der Waals surface area contributed by atoms with Crippen LogP contribution in [0.2, 0.25) is 0 Å². The van der Waals surface area contributed by atoms with E-state index in [9.17, 15) is 8.42 Å². The molecule has 0 aliphatic rings. The molecular weight excluding hydrogens is 272 g/mol. The SMILES string of the molecule is CN(Cc1ccco1)S(=O)(=O)c1ccc(CN)s1. The summed E-state index contributed by atoms with van der Waals surface area (Å²) in [6, 6.07) is 6.79. The van der Waals surface area contributed by atoms with E-state index in [0.29, 0.717) is 16.5 Å². The standard InChI is InChI=1S/C11H14N2O3S2/c1-13(8-9-3-2-6-16-9)18(14,15)11-5-4-10(7-12)17-11/h2-6H,7-8,12H2,1H3. The Labute approximate surface area is 110 Å². The molecule has 7 heteroatoms. The van der Waals surface area contributed by atoms with Gasteiger partial charge in [0.1, 0.15) is 9.97 Å². The Kier molecular flexibility index (Phi) is 3.86. The second-order valence-corrected chi connectivity index (χ2v) is 7.21. The van der Waals surface area contributed by atoms with E-state index in [2.05, 4.69) is 0 Å². The molecule has 98 valence electrons. The van der Waals surface area contributed by atoms with E-state index in [4.69, 9.17) is 10.2 Å². The number of thiophene rings is 1. The van der Waals surface area contributed by atoms with E-state index in [1.807, 2.05) is 0 Å². The zero-order chi connectivity index (χ0) is 13.2. The second kappa shape index (κ2) is 5.23. The van der Waals surface area contributed by atoms with Gasteiger partial charge in [0, 0.05) is 18.5 Å². The molecule has 0 amide bonds. The van der Waals surface area contributed by atoms with Crippen molar-refractivity contribution >= 4 is 21.4 Å². The monoisotopic (exact) mass is 286 g/mol. The van der Waals surface area contributed by atoms with Gasteiger partial charge in [0.25, 0.3) is 10.0 Å². The number of nitrogens with zero attached hydrogens (tertiary/aromatic N) is 1. The van der Waals surface area contributed by atoms with Gasteiger partial charge in [-0.25, -0.2) is 8.42 Å². The Bertz CT molecular complexity index is 602. The van der Waals surface area contributed by atoms with Crippen LogP contribution in [-0.2, 0) is 23.1 Å². The van der Waals surface area contributed by atoms with Crippen molar-refractivity contribution in [1.29, 1.82) is 0 Å². The van der Waals surface area contributed by atoms with E-state index in [1.54, 1.807) is 24.3 Å². The Morgan fingerprint density at radius 2 is 2.17 bits per heavy atom. The molecule has 2 aromatic heterocycles. The van der Waals surface area contributed by atoms with Crippen molar-refractivity contribution in [3.05, 3.63) is 41.2 Å². The Hall–Kier alpha value is -1.15. The highest BCUT2D eigenvalue weighted by molar-refractivity contribution is 7.91. The molecule has 2 N–H and O–H groups in total. The number of rotatable bonds is 5. The molecule has 0 fully saturated rings. The van der Waals surface area contributed by atoms with Crippen LogP contribution < -0.4 is 5.73 Å². The van der Waals surface area contributed by atoms with Crippen molar-refractivity contribution in [1.82, 2.24) is 4.31 Å². The molecule has 0 atom stereocenters. The molecule has 2 aromatic rings. The predicted octanol–water partition coefficient (Wildman–Crippen LogP) is 1.62. The zero-order valence-electron chi connectivity index (χ0n) is 9.87. The number of furan rings is 1. The van der Waals surface area contributed by atoms with Crippen LogP contribution in [0.15, 0.2) is 39.2 Å². The lowest BCUT2D eigenvalue weighted by atomic mass is 10.4. The molecule has 0 aromatic carbocycles. The van der Waals surface area contributed by atoms with Crippen LogP contribution in [-0.4, -0.2) is 19.8 Å². The number of sulfonamides is 1. The molecule has 0 saturated carbocycles. The third-order valence-electron chi connectivity index (χ3n) is 2.46. The van der Waals surface area contributed by atoms with Crippen LogP contribution in [0.4, 0.5) is 0 Å². The quantitative estimate of drug-likeness (QED) is 0.906. The smallest absolute Gasteiger partial charge is 0.252 e. The zero-order valence-corrected chi connectivity index (χ0v) is 11.5. The van der Waals surface area contributed by atoms with E-state index in [-0.39, 0.29) is 6.54 Å². The van der Waals surface area contributed by atoms with Gasteiger partial charge in [-0.2, -0.15) is 4.31 Å². The largest absolute Gasteiger partial charge is 0.468 e. The molecule has 5 nitrogen and oxygen atoms in total. The van der Waals surface area contributed by atoms with Crippen LogP contribution in [0.3, 0.4) is 0 Å². The van der Waals surface area contributed by atoms with Crippen LogP contribution >= 0.6 is 11.3 Å². The average molecular weight is 286 g/mol. The lowest BCUT2D eigenvalue weighted by Crippen LogP contribution is -2.25. The second-order valence-electron chi connectivity index (χ2n) is 3.77. The van der Waals surface area contributed by atoms with Crippen LogP contribution in [0.1, 0.15) is 10.6 Å². The molecule has 0 radical (unpaired) electrons. The molecule has 2 heterocycles. The van der Waals surface area contributed by atoms with Crippen molar-refractivity contribution in [3.8, 4) is 0 Å². The minimum absolute atomic E-state index is 0.213. The molecule has 0 spiro atoms. The van der Waals surface area contributed by atoms with Crippen LogP contribution in [0.5, 0.6) is 0 Å². The molecule has 2 rings (SSSR count). The van der Waals surface area contributed by atoms with Gasteiger partial charge in [0.05, 0.1) is 12.8 Å². The maximum atomic E-state index is 12.2. The van der Waals surface area contributed by atoms with Gasteiger partial charge in [-0.3, -0.25) is 0 Å². The normalized spacial score (nSPS) is 12.2. The lowest BCUT2D eigenvalue weighted by Gasteiger charge is -2.14. The highest BCUT2D eigenvalue weighted by Gasteiger charge is 2.23. The Morgan fingerprint density at radius 3 is 2.72 bits per heavy atom. The van der Waals surface area contributed by atoms with Crippen LogP contribution in [0.25, 0.3) is 0 Å². The summed E-state index contributed by atoms with van der Waals surface area (Å²) in [5, 5.41) is 0. The summed E-state index contributed by atoms with van der Waals surface area (Å²) in [5.74, 6) is 0.608. The summed E-state index contributed by atoms with van der Waals surface area (Å²) < 4.78 is 31.2. The molecule has 0 unspecified atom stereocenters. The summed E-state index contributed by atoms with van der Waals surface area (Å²) in [4.78, 5) is 0.847.